The number of unbranched alkanes of at least 4 members (excludes halogenated alkanes) is 2. The summed E-state index contributed by atoms with van der Waals surface area (Å²) in [6, 6.07) is 15.4. The number of benzene rings is 3. The van der Waals surface area contributed by atoms with Crippen molar-refractivity contribution < 1.29 is 46.4 Å². The summed E-state index contributed by atoms with van der Waals surface area (Å²) in [4.78, 5) is 30.8. The maximum absolute atomic E-state index is 14.9. The molecule has 2 heterocycles. The lowest BCUT2D eigenvalue weighted by atomic mass is 10.1. The first-order chi connectivity index (χ1) is 24.3. The van der Waals surface area contributed by atoms with E-state index in [-0.39, 0.29) is 47.8 Å². The molecule has 14 heteroatoms. The van der Waals surface area contributed by atoms with Crippen molar-refractivity contribution in [3.63, 3.8) is 0 Å². The van der Waals surface area contributed by atoms with Crippen LogP contribution in [0.4, 0.5) is 8.78 Å². The van der Waals surface area contributed by atoms with Crippen LogP contribution in [0.2, 0.25) is 0 Å². The van der Waals surface area contributed by atoms with Gasteiger partial charge in [-0.05, 0) is 74.2 Å². The summed E-state index contributed by atoms with van der Waals surface area (Å²) in [6.07, 6.45) is 4.61. The fraction of sp³-hybridized carbons (Fsp3) is 0.222. The standard InChI is InChI=1S/C36H32F2N4O8/c1-3-31(43)47-19-7-5-17-45-25-13-15-27(29(37)21-25)33-39-35(49-41-33)23-9-11-24(12-10-23)36-40-34(42-50-36)28-16-14-26(22-30(28)38)46-18-6-8-20-48-32(44)4-2/h3-4,9-16,21-22H,1-2,5-8,17-20H2. The van der Waals surface area contributed by atoms with Gasteiger partial charge in [0.05, 0.1) is 37.6 Å². The summed E-state index contributed by atoms with van der Waals surface area (Å²) in [5, 5.41) is 7.84. The van der Waals surface area contributed by atoms with Gasteiger partial charge in [-0.15, -0.1) is 0 Å². The van der Waals surface area contributed by atoms with Crippen molar-refractivity contribution in [3.8, 4) is 57.2 Å². The Bertz CT molecular complexity index is 1800. The number of aromatic nitrogens is 4. The highest BCUT2D eigenvalue weighted by Crippen LogP contribution is 2.30. The molecule has 0 aliphatic rings. The fourth-order valence-corrected chi connectivity index (χ4v) is 4.44. The van der Waals surface area contributed by atoms with Crippen molar-refractivity contribution in [3.05, 3.63) is 97.6 Å². The molecular formula is C36H32F2N4O8. The molecule has 0 aliphatic carbocycles. The van der Waals surface area contributed by atoms with Crippen LogP contribution in [0.5, 0.6) is 11.5 Å². The van der Waals surface area contributed by atoms with Crippen LogP contribution in [0.3, 0.4) is 0 Å². The Labute approximate surface area is 285 Å². The van der Waals surface area contributed by atoms with Gasteiger partial charge in [0.1, 0.15) is 23.1 Å². The van der Waals surface area contributed by atoms with E-state index in [1.807, 2.05) is 0 Å². The molecule has 258 valence electrons. The van der Waals surface area contributed by atoms with E-state index in [9.17, 15) is 18.4 Å². The van der Waals surface area contributed by atoms with Crippen LogP contribution in [0, 0.1) is 11.6 Å². The maximum atomic E-state index is 14.9. The molecule has 0 atom stereocenters. The molecule has 12 nitrogen and oxygen atoms in total. The number of ether oxygens (including phenoxy) is 4. The van der Waals surface area contributed by atoms with E-state index in [1.54, 1.807) is 36.4 Å². The van der Waals surface area contributed by atoms with Gasteiger partial charge < -0.3 is 28.0 Å². The number of rotatable bonds is 18. The second kappa shape index (κ2) is 17.3. The molecule has 0 unspecified atom stereocenters. The van der Waals surface area contributed by atoms with E-state index in [0.717, 1.165) is 12.2 Å². The predicted octanol–water partition coefficient (Wildman–Crippen LogP) is 7.18. The topological polar surface area (TPSA) is 149 Å². The Morgan fingerprint density at radius 1 is 0.620 bits per heavy atom. The molecular weight excluding hydrogens is 654 g/mol. The number of hydrogen-bond acceptors (Lipinski definition) is 12. The monoisotopic (exact) mass is 686 g/mol. The smallest absolute Gasteiger partial charge is 0.330 e. The van der Waals surface area contributed by atoms with Gasteiger partial charge in [-0.25, -0.2) is 18.4 Å². The van der Waals surface area contributed by atoms with Gasteiger partial charge in [-0.1, -0.05) is 23.5 Å². The highest BCUT2D eigenvalue weighted by atomic mass is 19.1. The third kappa shape index (κ3) is 9.46. The second-order valence-corrected chi connectivity index (χ2v) is 10.6. The van der Waals surface area contributed by atoms with Crippen LogP contribution in [0.1, 0.15) is 25.7 Å². The van der Waals surface area contributed by atoms with Gasteiger partial charge in [-0.2, -0.15) is 9.97 Å². The molecule has 0 saturated carbocycles. The predicted molar refractivity (Wildman–Crippen MR) is 176 cm³/mol. The van der Waals surface area contributed by atoms with Gasteiger partial charge in [0.2, 0.25) is 11.6 Å². The summed E-state index contributed by atoms with van der Waals surface area (Å²) >= 11 is 0. The van der Waals surface area contributed by atoms with Crippen LogP contribution in [-0.2, 0) is 19.1 Å². The zero-order valence-electron chi connectivity index (χ0n) is 26.8. The highest BCUT2D eigenvalue weighted by Gasteiger charge is 2.18. The molecule has 0 bridgehead atoms. The van der Waals surface area contributed by atoms with Crippen LogP contribution in [-0.4, -0.2) is 58.6 Å². The second-order valence-electron chi connectivity index (χ2n) is 10.6. The van der Waals surface area contributed by atoms with E-state index in [0.29, 0.717) is 61.5 Å². The molecule has 0 fully saturated rings. The minimum absolute atomic E-state index is 0.0590. The number of carbonyl (C=O) groups excluding carboxylic acids is 2. The van der Waals surface area contributed by atoms with Gasteiger partial charge in [-0.3, -0.25) is 0 Å². The van der Waals surface area contributed by atoms with Crippen molar-refractivity contribution in [1.82, 2.24) is 20.3 Å². The average Bonchev–Trinajstić information content (AvgIpc) is 3.82. The number of nitrogens with zero attached hydrogens (tertiary/aromatic N) is 4. The summed E-state index contributed by atoms with van der Waals surface area (Å²) in [5.41, 5.74) is 1.39. The van der Waals surface area contributed by atoms with Gasteiger partial charge in [0.25, 0.3) is 11.8 Å². The lowest BCUT2D eigenvalue weighted by Gasteiger charge is -2.07. The zero-order chi connectivity index (χ0) is 35.3. The van der Waals surface area contributed by atoms with E-state index < -0.39 is 23.6 Å². The van der Waals surface area contributed by atoms with Gasteiger partial charge >= 0.3 is 11.9 Å². The molecule has 0 spiro atoms. The molecule has 5 rings (SSSR count). The van der Waals surface area contributed by atoms with Crippen molar-refractivity contribution >= 4 is 11.9 Å². The largest absolute Gasteiger partial charge is 0.493 e. The minimum atomic E-state index is -0.586. The molecule has 0 amide bonds. The Kier molecular flexibility index (Phi) is 12.1. The Morgan fingerprint density at radius 3 is 1.40 bits per heavy atom. The molecule has 2 aromatic heterocycles. The van der Waals surface area contributed by atoms with Crippen molar-refractivity contribution in [1.29, 1.82) is 0 Å². The molecule has 50 heavy (non-hydrogen) atoms. The van der Waals surface area contributed by atoms with Crippen molar-refractivity contribution in [2.75, 3.05) is 26.4 Å². The first-order valence-corrected chi connectivity index (χ1v) is 15.6. The minimum Gasteiger partial charge on any atom is -0.493 e. The summed E-state index contributed by atoms with van der Waals surface area (Å²) < 4.78 is 61.5. The molecule has 3 aromatic carbocycles. The first-order valence-electron chi connectivity index (χ1n) is 15.6. The van der Waals surface area contributed by atoms with E-state index in [1.165, 1.54) is 24.3 Å². The third-order valence-electron chi connectivity index (χ3n) is 7.03. The van der Waals surface area contributed by atoms with Crippen LogP contribution >= 0.6 is 0 Å². The van der Waals surface area contributed by atoms with Crippen molar-refractivity contribution in [2.24, 2.45) is 0 Å². The molecule has 0 saturated heterocycles. The zero-order valence-corrected chi connectivity index (χ0v) is 26.8. The quantitative estimate of drug-likeness (QED) is 0.0522. The number of esters is 2. The molecule has 0 radical (unpaired) electrons. The van der Waals surface area contributed by atoms with Gasteiger partial charge in [0, 0.05) is 35.4 Å². The Balaban J connectivity index is 1.14. The maximum Gasteiger partial charge on any atom is 0.330 e. The van der Waals surface area contributed by atoms with Crippen LogP contribution in [0.25, 0.3) is 45.7 Å². The first kappa shape index (κ1) is 35.1. The number of hydrogen-bond donors (Lipinski definition) is 0. The Morgan fingerprint density at radius 2 is 1.02 bits per heavy atom. The van der Waals surface area contributed by atoms with Crippen LogP contribution in [0.15, 0.2) is 95.0 Å². The van der Waals surface area contributed by atoms with Crippen LogP contribution < -0.4 is 9.47 Å². The summed E-state index contributed by atoms with van der Waals surface area (Å²) in [6.45, 7) is 7.80. The number of carbonyl (C=O) groups is 2. The normalized spacial score (nSPS) is 10.8. The third-order valence-corrected chi connectivity index (χ3v) is 7.03. The highest BCUT2D eigenvalue weighted by molar-refractivity contribution is 5.81. The van der Waals surface area contributed by atoms with E-state index in [4.69, 9.17) is 28.0 Å². The fourth-order valence-electron chi connectivity index (χ4n) is 4.44. The number of halogens is 2. The Hall–Kier alpha value is -6.18. The van der Waals surface area contributed by atoms with Crippen molar-refractivity contribution in [2.45, 2.75) is 25.7 Å². The van der Waals surface area contributed by atoms with Gasteiger partial charge in [0.15, 0.2) is 0 Å². The lowest BCUT2D eigenvalue weighted by Crippen LogP contribution is -2.04. The average molecular weight is 687 g/mol. The lowest BCUT2D eigenvalue weighted by molar-refractivity contribution is -0.138. The van der Waals surface area contributed by atoms with E-state index in [2.05, 4.69) is 33.4 Å². The SMILES string of the molecule is C=CC(=O)OCCCCOc1ccc(-c2noc(-c3ccc(-c4nc(-c5ccc(OCCCCOC(=O)C=C)cc5F)no4)cc3)n2)c(F)c1. The molecule has 0 N–H and O–H groups in total. The summed E-state index contributed by atoms with van der Waals surface area (Å²) in [7, 11) is 0. The molecule has 5 aromatic rings. The summed E-state index contributed by atoms with van der Waals surface area (Å²) in [5.74, 6) is -1.03. The molecule has 0 aliphatic heterocycles. The van der Waals surface area contributed by atoms with E-state index >= 15 is 0 Å².